The van der Waals surface area contributed by atoms with Crippen molar-refractivity contribution in [2.75, 3.05) is 19.6 Å². The van der Waals surface area contributed by atoms with Crippen LogP contribution >= 0.6 is 12.2 Å². The predicted molar refractivity (Wildman–Crippen MR) is 87.7 cm³/mol. The van der Waals surface area contributed by atoms with Crippen LogP contribution in [0.4, 0.5) is 0 Å². The van der Waals surface area contributed by atoms with E-state index in [0.717, 1.165) is 51.7 Å². The Labute approximate surface area is 128 Å². The second kappa shape index (κ2) is 7.93. The molecular weight excluding hydrogens is 270 g/mol. The Balaban J connectivity index is 2.33. The van der Waals surface area contributed by atoms with Crippen molar-refractivity contribution in [3.8, 4) is 0 Å². The first kappa shape index (κ1) is 17.4. The SMILES string of the molecule is CCN(CC)CCCC(C)NC(=O)C1(C(N)=S)CCC1. The molecule has 5 heteroatoms. The number of carbonyl (C=O) groups is 1. The maximum absolute atomic E-state index is 12.3. The summed E-state index contributed by atoms with van der Waals surface area (Å²) in [7, 11) is 0. The number of hydrogen-bond acceptors (Lipinski definition) is 3. The van der Waals surface area contributed by atoms with Crippen LogP contribution in [0.2, 0.25) is 0 Å². The van der Waals surface area contributed by atoms with E-state index in [0.29, 0.717) is 4.99 Å². The van der Waals surface area contributed by atoms with Crippen LogP contribution in [-0.4, -0.2) is 41.5 Å². The van der Waals surface area contributed by atoms with Gasteiger partial charge in [-0.25, -0.2) is 0 Å². The fourth-order valence-electron chi connectivity index (χ4n) is 2.71. The van der Waals surface area contributed by atoms with Crippen molar-refractivity contribution in [1.29, 1.82) is 0 Å². The van der Waals surface area contributed by atoms with Crippen LogP contribution in [0, 0.1) is 5.41 Å². The summed E-state index contributed by atoms with van der Waals surface area (Å²) in [6.45, 7) is 9.68. The lowest BCUT2D eigenvalue weighted by molar-refractivity contribution is -0.131. The molecule has 0 bridgehead atoms. The number of nitrogens with two attached hydrogens (primary N) is 1. The largest absolute Gasteiger partial charge is 0.392 e. The Morgan fingerprint density at radius 3 is 2.40 bits per heavy atom. The lowest BCUT2D eigenvalue weighted by atomic mass is 9.68. The maximum atomic E-state index is 12.3. The molecule has 4 nitrogen and oxygen atoms in total. The predicted octanol–water partition coefficient (Wildman–Crippen LogP) is 2.07. The molecule has 1 aliphatic carbocycles. The summed E-state index contributed by atoms with van der Waals surface area (Å²) >= 11 is 5.07. The monoisotopic (exact) mass is 299 g/mol. The zero-order valence-corrected chi connectivity index (χ0v) is 13.9. The number of hydrogen-bond donors (Lipinski definition) is 2. The average Bonchev–Trinajstić information content (AvgIpc) is 2.32. The molecule has 3 N–H and O–H groups in total. The molecule has 0 aromatic heterocycles. The van der Waals surface area contributed by atoms with Gasteiger partial charge >= 0.3 is 0 Å². The molecule has 1 saturated carbocycles. The van der Waals surface area contributed by atoms with E-state index in [9.17, 15) is 4.79 Å². The topological polar surface area (TPSA) is 58.4 Å². The smallest absolute Gasteiger partial charge is 0.233 e. The first-order valence-electron chi connectivity index (χ1n) is 7.79. The van der Waals surface area contributed by atoms with E-state index in [1.807, 2.05) is 0 Å². The van der Waals surface area contributed by atoms with Gasteiger partial charge in [0.05, 0.1) is 10.4 Å². The van der Waals surface area contributed by atoms with Gasteiger partial charge in [-0.05, 0) is 52.2 Å². The standard InChI is InChI=1S/C15H29N3OS/c1-4-18(5-2)11-6-8-12(3)17-14(19)15(13(16)20)9-7-10-15/h12H,4-11H2,1-3H3,(H2,16,20)(H,17,19). The van der Waals surface area contributed by atoms with Gasteiger partial charge in [-0.15, -0.1) is 0 Å². The van der Waals surface area contributed by atoms with Gasteiger partial charge in [0, 0.05) is 6.04 Å². The Morgan fingerprint density at radius 1 is 1.40 bits per heavy atom. The van der Waals surface area contributed by atoms with Crippen molar-refractivity contribution in [1.82, 2.24) is 10.2 Å². The summed E-state index contributed by atoms with van der Waals surface area (Å²) < 4.78 is 0. The molecule has 1 atom stereocenters. The highest BCUT2D eigenvalue weighted by molar-refractivity contribution is 7.80. The van der Waals surface area contributed by atoms with E-state index in [1.54, 1.807) is 0 Å². The quantitative estimate of drug-likeness (QED) is 0.640. The van der Waals surface area contributed by atoms with E-state index >= 15 is 0 Å². The number of amides is 1. The molecule has 20 heavy (non-hydrogen) atoms. The molecular formula is C15H29N3OS. The van der Waals surface area contributed by atoms with Crippen molar-refractivity contribution in [2.24, 2.45) is 11.1 Å². The van der Waals surface area contributed by atoms with Crippen LogP contribution in [0.15, 0.2) is 0 Å². The molecule has 1 aliphatic rings. The third-order valence-corrected chi connectivity index (χ3v) is 4.89. The summed E-state index contributed by atoms with van der Waals surface area (Å²) in [6.07, 6.45) is 4.75. The van der Waals surface area contributed by atoms with Crippen molar-refractivity contribution in [3.63, 3.8) is 0 Å². The minimum absolute atomic E-state index is 0.0339. The van der Waals surface area contributed by atoms with Crippen molar-refractivity contribution >= 4 is 23.1 Å². The molecule has 1 amide bonds. The average molecular weight is 299 g/mol. The van der Waals surface area contributed by atoms with Gasteiger partial charge in [-0.3, -0.25) is 4.79 Å². The van der Waals surface area contributed by atoms with Gasteiger partial charge < -0.3 is 16.0 Å². The molecule has 0 heterocycles. The lowest BCUT2D eigenvalue weighted by Crippen LogP contribution is -2.54. The normalized spacial score (nSPS) is 18.4. The number of thiocarbonyl (C=S) groups is 1. The Morgan fingerprint density at radius 2 is 2.00 bits per heavy atom. The van der Waals surface area contributed by atoms with Crippen LogP contribution in [0.3, 0.4) is 0 Å². The van der Waals surface area contributed by atoms with Crippen molar-refractivity contribution < 1.29 is 4.79 Å². The molecule has 0 aromatic rings. The molecule has 0 saturated heterocycles. The summed E-state index contributed by atoms with van der Waals surface area (Å²) in [6, 6.07) is 0.185. The lowest BCUT2D eigenvalue weighted by Gasteiger charge is -2.39. The molecule has 0 aromatic carbocycles. The second-order valence-electron chi connectivity index (χ2n) is 5.84. The maximum Gasteiger partial charge on any atom is 0.233 e. The highest BCUT2D eigenvalue weighted by atomic mass is 32.1. The van der Waals surface area contributed by atoms with Crippen LogP contribution in [0.25, 0.3) is 0 Å². The molecule has 116 valence electrons. The summed E-state index contributed by atoms with van der Waals surface area (Å²) in [4.78, 5) is 15.1. The fourth-order valence-corrected chi connectivity index (χ4v) is 3.01. The molecule has 0 spiro atoms. The molecule has 0 aliphatic heterocycles. The summed E-state index contributed by atoms with van der Waals surface area (Å²) in [5.74, 6) is 0.0339. The van der Waals surface area contributed by atoms with Gasteiger partial charge in [-0.1, -0.05) is 32.5 Å². The number of nitrogens with zero attached hydrogens (tertiary/aromatic N) is 1. The van der Waals surface area contributed by atoms with Gasteiger partial charge in [0.15, 0.2) is 0 Å². The fraction of sp³-hybridized carbons (Fsp3) is 0.867. The van der Waals surface area contributed by atoms with Crippen LogP contribution in [-0.2, 0) is 4.79 Å². The number of rotatable bonds is 9. The zero-order chi connectivity index (χ0) is 15.2. The minimum atomic E-state index is -0.553. The van der Waals surface area contributed by atoms with Gasteiger partial charge in [0.1, 0.15) is 0 Å². The summed E-state index contributed by atoms with van der Waals surface area (Å²) in [5.41, 5.74) is 5.20. The third kappa shape index (κ3) is 4.16. The van der Waals surface area contributed by atoms with Crippen molar-refractivity contribution in [3.05, 3.63) is 0 Å². The highest BCUT2D eigenvalue weighted by Crippen LogP contribution is 2.41. The molecule has 1 unspecified atom stereocenters. The number of nitrogens with one attached hydrogen (secondary N) is 1. The summed E-state index contributed by atoms with van der Waals surface area (Å²) in [5, 5.41) is 3.09. The minimum Gasteiger partial charge on any atom is -0.392 e. The zero-order valence-electron chi connectivity index (χ0n) is 13.1. The first-order valence-corrected chi connectivity index (χ1v) is 8.20. The Kier molecular flexibility index (Phi) is 6.89. The molecule has 1 fully saturated rings. The van der Waals surface area contributed by atoms with E-state index in [1.165, 1.54) is 0 Å². The van der Waals surface area contributed by atoms with Gasteiger partial charge in [-0.2, -0.15) is 0 Å². The third-order valence-electron chi connectivity index (χ3n) is 4.50. The molecule has 1 rings (SSSR count). The van der Waals surface area contributed by atoms with Crippen LogP contribution in [0.5, 0.6) is 0 Å². The highest BCUT2D eigenvalue weighted by Gasteiger charge is 2.47. The van der Waals surface area contributed by atoms with E-state index in [4.69, 9.17) is 18.0 Å². The molecule has 0 radical (unpaired) electrons. The van der Waals surface area contributed by atoms with Gasteiger partial charge in [0.25, 0.3) is 0 Å². The number of carbonyl (C=O) groups excluding carboxylic acids is 1. The van der Waals surface area contributed by atoms with Crippen LogP contribution in [0.1, 0.15) is 52.9 Å². The van der Waals surface area contributed by atoms with E-state index in [2.05, 4.69) is 31.0 Å². The van der Waals surface area contributed by atoms with Crippen molar-refractivity contribution in [2.45, 2.75) is 58.9 Å². The second-order valence-corrected chi connectivity index (χ2v) is 6.28. The first-order chi connectivity index (χ1) is 9.46. The van der Waals surface area contributed by atoms with E-state index < -0.39 is 5.41 Å². The van der Waals surface area contributed by atoms with Crippen LogP contribution < -0.4 is 11.1 Å². The Bertz CT molecular complexity index is 338. The van der Waals surface area contributed by atoms with Gasteiger partial charge in [0.2, 0.25) is 5.91 Å². The Hall–Kier alpha value is -0.680. The van der Waals surface area contributed by atoms with E-state index in [-0.39, 0.29) is 11.9 Å².